The Morgan fingerprint density at radius 1 is 1.00 bits per heavy atom. The lowest BCUT2D eigenvalue weighted by molar-refractivity contribution is 0.593. The molecule has 1 unspecified atom stereocenters. The molecule has 1 N–H and O–H groups in total. The maximum atomic E-state index is 13.6. The SMILES string of the molecule is CCNC(C)c1ccc(F)cc1-c1ccc(F)cc1C. The molecule has 0 amide bonds. The van der Waals surface area contributed by atoms with Crippen molar-refractivity contribution in [3.8, 4) is 11.1 Å². The van der Waals surface area contributed by atoms with Crippen LogP contribution in [0.25, 0.3) is 11.1 Å². The van der Waals surface area contributed by atoms with Crippen LogP contribution in [0.3, 0.4) is 0 Å². The first kappa shape index (κ1) is 14.7. The van der Waals surface area contributed by atoms with Crippen molar-refractivity contribution in [1.82, 2.24) is 5.32 Å². The van der Waals surface area contributed by atoms with Crippen molar-refractivity contribution in [2.45, 2.75) is 26.8 Å². The van der Waals surface area contributed by atoms with Gasteiger partial charge in [0.1, 0.15) is 11.6 Å². The molecule has 2 rings (SSSR count). The summed E-state index contributed by atoms with van der Waals surface area (Å²) in [6.45, 7) is 6.74. The Hall–Kier alpha value is -1.74. The van der Waals surface area contributed by atoms with E-state index in [9.17, 15) is 8.78 Å². The highest BCUT2D eigenvalue weighted by Crippen LogP contribution is 2.31. The Labute approximate surface area is 118 Å². The zero-order valence-electron chi connectivity index (χ0n) is 12.0. The first-order valence-corrected chi connectivity index (χ1v) is 6.82. The molecular weight excluding hydrogens is 256 g/mol. The van der Waals surface area contributed by atoms with Crippen LogP contribution in [0.4, 0.5) is 8.78 Å². The molecule has 0 spiro atoms. The molecule has 0 aliphatic heterocycles. The van der Waals surface area contributed by atoms with Crippen LogP contribution in [-0.2, 0) is 0 Å². The van der Waals surface area contributed by atoms with E-state index in [2.05, 4.69) is 5.32 Å². The van der Waals surface area contributed by atoms with Gasteiger partial charge in [-0.05, 0) is 66.9 Å². The highest BCUT2D eigenvalue weighted by Gasteiger charge is 2.14. The normalized spacial score (nSPS) is 12.4. The maximum absolute atomic E-state index is 13.6. The van der Waals surface area contributed by atoms with Gasteiger partial charge in [0.25, 0.3) is 0 Å². The highest BCUT2D eigenvalue weighted by atomic mass is 19.1. The summed E-state index contributed by atoms with van der Waals surface area (Å²) < 4.78 is 26.8. The summed E-state index contributed by atoms with van der Waals surface area (Å²) in [7, 11) is 0. The minimum Gasteiger partial charge on any atom is -0.310 e. The molecule has 2 aromatic rings. The largest absolute Gasteiger partial charge is 0.310 e. The Balaban J connectivity index is 2.56. The molecule has 0 fully saturated rings. The summed E-state index contributed by atoms with van der Waals surface area (Å²) in [5, 5.41) is 3.33. The number of benzene rings is 2. The van der Waals surface area contributed by atoms with E-state index >= 15 is 0 Å². The van der Waals surface area contributed by atoms with Gasteiger partial charge in [0.2, 0.25) is 0 Å². The lowest BCUT2D eigenvalue weighted by atomic mass is 9.92. The van der Waals surface area contributed by atoms with Gasteiger partial charge in [-0.15, -0.1) is 0 Å². The Bertz CT molecular complexity index is 608. The molecule has 3 heteroatoms. The highest BCUT2D eigenvalue weighted by molar-refractivity contribution is 5.71. The van der Waals surface area contributed by atoms with E-state index in [1.54, 1.807) is 12.1 Å². The second-order valence-electron chi connectivity index (χ2n) is 4.97. The van der Waals surface area contributed by atoms with E-state index in [0.29, 0.717) is 0 Å². The van der Waals surface area contributed by atoms with Gasteiger partial charge < -0.3 is 5.32 Å². The van der Waals surface area contributed by atoms with Gasteiger partial charge in [0.05, 0.1) is 0 Å². The summed E-state index contributed by atoms with van der Waals surface area (Å²) in [4.78, 5) is 0. The molecule has 0 aromatic heterocycles. The van der Waals surface area contributed by atoms with E-state index in [4.69, 9.17) is 0 Å². The number of hydrogen-bond acceptors (Lipinski definition) is 1. The van der Waals surface area contributed by atoms with E-state index < -0.39 is 0 Å². The summed E-state index contributed by atoms with van der Waals surface area (Å²) in [5.74, 6) is -0.555. The Kier molecular flexibility index (Phi) is 4.50. The molecule has 0 heterocycles. The first-order chi connectivity index (χ1) is 9.52. The lowest BCUT2D eigenvalue weighted by Gasteiger charge is -2.18. The molecule has 0 saturated carbocycles. The quantitative estimate of drug-likeness (QED) is 0.859. The predicted molar refractivity (Wildman–Crippen MR) is 78.6 cm³/mol. The molecule has 106 valence electrons. The number of nitrogens with one attached hydrogen (secondary N) is 1. The average molecular weight is 275 g/mol. The van der Waals surface area contributed by atoms with E-state index in [0.717, 1.165) is 28.8 Å². The standard InChI is InChI=1S/C17H19F2N/c1-4-20-12(3)16-8-6-14(19)10-17(16)15-7-5-13(18)9-11(15)2/h5-10,12,20H,4H2,1-3H3. The van der Waals surface area contributed by atoms with E-state index in [1.165, 1.54) is 24.3 Å². The number of aryl methyl sites for hydroxylation is 1. The molecule has 1 atom stereocenters. The average Bonchev–Trinajstić information content (AvgIpc) is 2.38. The summed E-state index contributed by atoms with van der Waals surface area (Å²) >= 11 is 0. The number of halogens is 2. The monoisotopic (exact) mass is 275 g/mol. The van der Waals surface area contributed by atoms with Crippen molar-refractivity contribution in [3.05, 3.63) is 59.2 Å². The Morgan fingerprint density at radius 2 is 1.65 bits per heavy atom. The smallest absolute Gasteiger partial charge is 0.123 e. The van der Waals surface area contributed by atoms with E-state index in [-0.39, 0.29) is 17.7 Å². The zero-order chi connectivity index (χ0) is 14.7. The molecule has 2 aromatic carbocycles. The molecule has 0 bridgehead atoms. The zero-order valence-corrected chi connectivity index (χ0v) is 12.0. The molecule has 0 saturated heterocycles. The summed E-state index contributed by atoms with van der Waals surface area (Å²) in [5.41, 5.74) is 3.50. The van der Waals surface area contributed by atoms with Crippen molar-refractivity contribution in [1.29, 1.82) is 0 Å². The molecule has 0 radical (unpaired) electrons. The third kappa shape index (κ3) is 3.05. The van der Waals surface area contributed by atoms with Gasteiger partial charge in [-0.2, -0.15) is 0 Å². The van der Waals surface area contributed by atoms with Crippen LogP contribution in [0.5, 0.6) is 0 Å². The van der Waals surface area contributed by atoms with Crippen molar-refractivity contribution >= 4 is 0 Å². The minimum atomic E-state index is -0.281. The van der Waals surface area contributed by atoms with Crippen LogP contribution >= 0.6 is 0 Å². The number of rotatable bonds is 4. The third-order valence-electron chi connectivity index (χ3n) is 3.47. The molecule has 0 aliphatic carbocycles. The van der Waals surface area contributed by atoms with Gasteiger partial charge in [-0.1, -0.05) is 19.1 Å². The van der Waals surface area contributed by atoms with Crippen molar-refractivity contribution in [2.75, 3.05) is 6.54 Å². The predicted octanol–water partition coefficient (Wildman–Crippen LogP) is 4.61. The summed E-state index contributed by atoms with van der Waals surface area (Å²) in [6, 6.07) is 9.48. The van der Waals surface area contributed by atoms with Crippen LogP contribution in [0.1, 0.15) is 31.0 Å². The van der Waals surface area contributed by atoms with Gasteiger partial charge >= 0.3 is 0 Å². The van der Waals surface area contributed by atoms with Crippen LogP contribution in [0, 0.1) is 18.6 Å². The van der Waals surface area contributed by atoms with E-state index in [1.807, 2.05) is 20.8 Å². The van der Waals surface area contributed by atoms with Crippen molar-refractivity contribution < 1.29 is 8.78 Å². The first-order valence-electron chi connectivity index (χ1n) is 6.82. The van der Waals surface area contributed by atoms with Crippen molar-refractivity contribution in [2.24, 2.45) is 0 Å². The lowest BCUT2D eigenvalue weighted by Crippen LogP contribution is -2.18. The molecule has 1 nitrogen and oxygen atoms in total. The van der Waals surface area contributed by atoms with Crippen LogP contribution in [-0.4, -0.2) is 6.54 Å². The molecular formula is C17H19F2N. The fourth-order valence-electron chi connectivity index (χ4n) is 2.48. The molecule has 20 heavy (non-hydrogen) atoms. The summed E-state index contributed by atoms with van der Waals surface area (Å²) in [6.07, 6.45) is 0. The third-order valence-corrected chi connectivity index (χ3v) is 3.47. The number of hydrogen-bond donors (Lipinski definition) is 1. The second-order valence-corrected chi connectivity index (χ2v) is 4.97. The molecule has 0 aliphatic rings. The van der Waals surface area contributed by atoms with Crippen LogP contribution < -0.4 is 5.32 Å². The van der Waals surface area contributed by atoms with Gasteiger partial charge in [0, 0.05) is 6.04 Å². The Morgan fingerprint density at radius 3 is 2.30 bits per heavy atom. The minimum absolute atomic E-state index is 0.111. The fraction of sp³-hybridized carbons (Fsp3) is 0.294. The fourth-order valence-corrected chi connectivity index (χ4v) is 2.48. The second kappa shape index (κ2) is 6.14. The van der Waals surface area contributed by atoms with Crippen molar-refractivity contribution in [3.63, 3.8) is 0 Å². The maximum Gasteiger partial charge on any atom is 0.123 e. The van der Waals surface area contributed by atoms with Gasteiger partial charge in [-0.25, -0.2) is 8.78 Å². The van der Waals surface area contributed by atoms with Gasteiger partial charge in [0.15, 0.2) is 0 Å². The van der Waals surface area contributed by atoms with Crippen LogP contribution in [0.15, 0.2) is 36.4 Å². The van der Waals surface area contributed by atoms with Crippen LogP contribution in [0.2, 0.25) is 0 Å². The van der Waals surface area contributed by atoms with Gasteiger partial charge in [-0.3, -0.25) is 0 Å². The topological polar surface area (TPSA) is 12.0 Å².